The number of benzene rings is 2. The third-order valence-corrected chi connectivity index (χ3v) is 6.19. The van der Waals surface area contributed by atoms with Crippen molar-refractivity contribution in [1.82, 2.24) is 0 Å². The standard InChI is InChI=1S/C26H30N2O/c1-3-5-6-19-7-9-20(10-8-19)23-15-16-24(26(18-28)25(23)17-27)21-11-13-22(14-12-21)29-4-2/h11-16,19-20H,3-10H2,1-2H3/t19-,20-. The molecule has 0 amide bonds. The molecule has 0 N–H and O–H groups in total. The SMILES string of the molecule is CCCC[C@H]1CC[C@H](c2ccc(-c3ccc(OCC)cc3)c(C#N)c2C#N)CC1. The minimum atomic E-state index is 0.393. The summed E-state index contributed by atoms with van der Waals surface area (Å²) in [5, 5.41) is 19.8. The van der Waals surface area contributed by atoms with Crippen LogP contribution in [0, 0.1) is 28.6 Å². The van der Waals surface area contributed by atoms with E-state index in [1.807, 2.05) is 37.3 Å². The van der Waals surface area contributed by atoms with Gasteiger partial charge in [0.25, 0.3) is 0 Å². The Kier molecular flexibility index (Phi) is 7.31. The van der Waals surface area contributed by atoms with Crippen LogP contribution in [-0.2, 0) is 0 Å². The average molecular weight is 387 g/mol. The molecule has 3 rings (SSSR count). The first-order valence-corrected chi connectivity index (χ1v) is 10.9. The molecule has 0 aromatic heterocycles. The van der Waals surface area contributed by atoms with Crippen molar-refractivity contribution in [3.63, 3.8) is 0 Å². The molecule has 2 aromatic rings. The molecule has 0 heterocycles. The summed E-state index contributed by atoms with van der Waals surface area (Å²) in [6.45, 7) is 4.83. The van der Waals surface area contributed by atoms with Crippen LogP contribution in [0.5, 0.6) is 5.75 Å². The van der Waals surface area contributed by atoms with Crippen LogP contribution in [0.3, 0.4) is 0 Å². The zero-order chi connectivity index (χ0) is 20.6. The lowest BCUT2D eigenvalue weighted by molar-refractivity contribution is 0.304. The van der Waals surface area contributed by atoms with Crippen molar-refractivity contribution < 1.29 is 4.74 Å². The maximum absolute atomic E-state index is 9.89. The Bertz CT molecular complexity index is 894. The molecule has 1 aliphatic carbocycles. The van der Waals surface area contributed by atoms with Gasteiger partial charge in [0, 0.05) is 5.56 Å². The predicted octanol–water partition coefficient (Wildman–Crippen LogP) is 6.96. The summed E-state index contributed by atoms with van der Waals surface area (Å²) in [4.78, 5) is 0. The number of ether oxygens (including phenoxy) is 1. The molecular formula is C26H30N2O. The molecule has 0 atom stereocenters. The van der Waals surface area contributed by atoms with Crippen molar-refractivity contribution in [2.75, 3.05) is 6.61 Å². The summed E-state index contributed by atoms with van der Waals surface area (Å²) in [6.07, 6.45) is 8.61. The molecule has 3 nitrogen and oxygen atoms in total. The molecule has 150 valence electrons. The second-order valence-electron chi connectivity index (χ2n) is 7.99. The summed E-state index contributed by atoms with van der Waals surface area (Å²) in [7, 11) is 0. The Labute approximate surface area is 174 Å². The molecule has 0 saturated heterocycles. The molecular weight excluding hydrogens is 356 g/mol. The van der Waals surface area contributed by atoms with E-state index in [-0.39, 0.29) is 0 Å². The van der Waals surface area contributed by atoms with E-state index < -0.39 is 0 Å². The van der Waals surface area contributed by atoms with Gasteiger partial charge in [0.2, 0.25) is 0 Å². The predicted molar refractivity (Wildman–Crippen MR) is 117 cm³/mol. The zero-order valence-electron chi connectivity index (χ0n) is 17.6. The fourth-order valence-electron chi connectivity index (χ4n) is 4.59. The van der Waals surface area contributed by atoms with Crippen LogP contribution in [0.2, 0.25) is 0 Å². The first-order valence-electron chi connectivity index (χ1n) is 10.9. The van der Waals surface area contributed by atoms with Crippen molar-refractivity contribution in [3.05, 3.63) is 53.1 Å². The van der Waals surface area contributed by atoms with Gasteiger partial charge in [0.05, 0.1) is 17.7 Å². The second-order valence-corrected chi connectivity index (χ2v) is 7.99. The van der Waals surface area contributed by atoms with Gasteiger partial charge in [0.15, 0.2) is 0 Å². The minimum Gasteiger partial charge on any atom is -0.494 e. The molecule has 0 aliphatic heterocycles. The third-order valence-electron chi connectivity index (χ3n) is 6.19. The van der Waals surface area contributed by atoms with Crippen molar-refractivity contribution >= 4 is 0 Å². The quantitative estimate of drug-likeness (QED) is 0.517. The van der Waals surface area contributed by atoms with Crippen molar-refractivity contribution in [2.45, 2.75) is 64.7 Å². The Morgan fingerprint density at radius 2 is 1.59 bits per heavy atom. The molecule has 0 bridgehead atoms. The van der Waals surface area contributed by atoms with Crippen LogP contribution >= 0.6 is 0 Å². The van der Waals surface area contributed by atoms with Crippen LogP contribution in [0.25, 0.3) is 11.1 Å². The zero-order valence-corrected chi connectivity index (χ0v) is 17.6. The van der Waals surface area contributed by atoms with E-state index in [0.717, 1.165) is 41.2 Å². The third kappa shape index (κ3) is 4.80. The van der Waals surface area contributed by atoms with Gasteiger partial charge in [-0.3, -0.25) is 0 Å². The van der Waals surface area contributed by atoms with Gasteiger partial charge >= 0.3 is 0 Å². The van der Waals surface area contributed by atoms with Crippen LogP contribution < -0.4 is 4.74 Å². The summed E-state index contributed by atoms with van der Waals surface area (Å²) >= 11 is 0. The Morgan fingerprint density at radius 1 is 0.897 bits per heavy atom. The van der Waals surface area contributed by atoms with Crippen molar-refractivity contribution in [1.29, 1.82) is 10.5 Å². The Morgan fingerprint density at radius 3 is 2.17 bits per heavy atom. The van der Waals surface area contributed by atoms with E-state index in [4.69, 9.17) is 4.74 Å². The van der Waals surface area contributed by atoms with E-state index in [1.54, 1.807) is 0 Å². The number of unbranched alkanes of at least 4 members (excludes halogenated alkanes) is 1. The topological polar surface area (TPSA) is 56.8 Å². The number of rotatable bonds is 7. The van der Waals surface area contributed by atoms with Gasteiger partial charge in [-0.05, 0) is 67.7 Å². The highest BCUT2D eigenvalue weighted by atomic mass is 16.5. The minimum absolute atomic E-state index is 0.393. The van der Waals surface area contributed by atoms with Gasteiger partial charge < -0.3 is 4.74 Å². The van der Waals surface area contributed by atoms with E-state index in [2.05, 4.69) is 25.1 Å². The van der Waals surface area contributed by atoms with Crippen LogP contribution in [0.15, 0.2) is 36.4 Å². The van der Waals surface area contributed by atoms with E-state index in [0.29, 0.717) is 23.7 Å². The highest BCUT2D eigenvalue weighted by Gasteiger charge is 2.26. The summed E-state index contributed by atoms with van der Waals surface area (Å²) in [5.74, 6) is 2.03. The fraction of sp³-hybridized carbons (Fsp3) is 0.462. The highest BCUT2D eigenvalue weighted by molar-refractivity contribution is 5.75. The molecule has 0 radical (unpaired) electrons. The lowest BCUT2D eigenvalue weighted by atomic mass is 9.75. The molecule has 1 saturated carbocycles. The van der Waals surface area contributed by atoms with E-state index >= 15 is 0 Å². The fourth-order valence-corrected chi connectivity index (χ4v) is 4.59. The number of nitrogens with zero attached hydrogens (tertiary/aromatic N) is 2. The second kappa shape index (κ2) is 10.1. The lowest BCUT2D eigenvalue weighted by Crippen LogP contribution is -2.15. The summed E-state index contributed by atoms with van der Waals surface area (Å²) in [5.41, 5.74) is 3.90. The molecule has 29 heavy (non-hydrogen) atoms. The Hall–Kier alpha value is -2.78. The van der Waals surface area contributed by atoms with E-state index in [9.17, 15) is 10.5 Å². The molecule has 0 unspecified atom stereocenters. The summed E-state index contributed by atoms with van der Waals surface area (Å²) < 4.78 is 5.51. The van der Waals surface area contributed by atoms with Gasteiger partial charge in [0.1, 0.15) is 17.9 Å². The first kappa shape index (κ1) is 20.9. The van der Waals surface area contributed by atoms with Crippen LogP contribution in [0.1, 0.15) is 81.4 Å². The average Bonchev–Trinajstić information content (AvgIpc) is 2.77. The maximum Gasteiger partial charge on any atom is 0.119 e. The Balaban J connectivity index is 1.86. The molecule has 1 fully saturated rings. The number of hydrogen-bond donors (Lipinski definition) is 0. The highest BCUT2D eigenvalue weighted by Crippen LogP contribution is 2.41. The van der Waals surface area contributed by atoms with E-state index in [1.165, 1.54) is 32.1 Å². The molecule has 0 spiro atoms. The van der Waals surface area contributed by atoms with Gasteiger partial charge in [-0.1, -0.05) is 50.5 Å². The van der Waals surface area contributed by atoms with Crippen LogP contribution in [0.4, 0.5) is 0 Å². The molecule has 1 aliphatic rings. The normalized spacial score (nSPS) is 18.6. The maximum atomic E-state index is 9.89. The largest absolute Gasteiger partial charge is 0.494 e. The van der Waals surface area contributed by atoms with Gasteiger partial charge in [-0.2, -0.15) is 10.5 Å². The van der Waals surface area contributed by atoms with Crippen molar-refractivity contribution in [2.24, 2.45) is 5.92 Å². The summed E-state index contributed by atoms with van der Waals surface area (Å²) in [6, 6.07) is 16.5. The smallest absolute Gasteiger partial charge is 0.119 e. The monoisotopic (exact) mass is 386 g/mol. The molecule has 3 heteroatoms. The van der Waals surface area contributed by atoms with Gasteiger partial charge in [-0.25, -0.2) is 0 Å². The van der Waals surface area contributed by atoms with Crippen LogP contribution in [-0.4, -0.2) is 6.61 Å². The lowest BCUT2D eigenvalue weighted by Gasteiger charge is -2.29. The molecule has 2 aromatic carbocycles. The number of hydrogen-bond acceptors (Lipinski definition) is 3. The van der Waals surface area contributed by atoms with Crippen molar-refractivity contribution in [3.8, 4) is 29.0 Å². The first-order chi connectivity index (χ1) is 14.2. The number of nitriles is 2. The van der Waals surface area contributed by atoms with Gasteiger partial charge in [-0.15, -0.1) is 0 Å².